The van der Waals surface area contributed by atoms with Gasteiger partial charge in [0.25, 0.3) is 0 Å². The van der Waals surface area contributed by atoms with Gasteiger partial charge in [0.15, 0.2) is 17.3 Å². The van der Waals surface area contributed by atoms with E-state index in [0.717, 1.165) is 0 Å². The summed E-state index contributed by atoms with van der Waals surface area (Å²) in [7, 11) is -3.65. The SMILES string of the molecule is O=C(c1ccc2c3c1OP(=O)(O2)O3)C(O)c1ccccc1. The van der Waals surface area contributed by atoms with Crippen LogP contribution < -0.4 is 13.6 Å². The molecule has 0 aromatic heterocycles. The molecule has 6 nitrogen and oxygen atoms in total. The lowest BCUT2D eigenvalue weighted by Crippen LogP contribution is -2.13. The summed E-state index contributed by atoms with van der Waals surface area (Å²) in [5.41, 5.74) is 0.585. The molecule has 0 saturated heterocycles. The number of aliphatic hydroxyl groups excluding tert-OH is 1. The van der Waals surface area contributed by atoms with Crippen LogP contribution in [-0.4, -0.2) is 10.9 Å². The van der Waals surface area contributed by atoms with E-state index in [1.165, 1.54) is 12.1 Å². The zero-order valence-corrected chi connectivity index (χ0v) is 11.4. The van der Waals surface area contributed by atoms with Crippen molar-refractivity contribution in [2.45, 2.75) is 6.10 Å². The molecule has 0 saturated carbocycles. The second kappa shape index (κ2) is 4.10. The maximum atomic E-state index is 12.4. The standard InChI is InChI=1S/C14H9O6P/c15-11(8-4-2-1-3-5-8)12(16)9-6-7-10-14-13(9)19-21(17,18-10)20-14/h1-7,11,15H. The van der Waals surface area contributed by atoms with Gasteiger partial charge in [0.2, 0.25) is 5.75 Å². The molecule has 2 aliphatic heterocycles. The molecule has 7 heteroatoms. The maximum Gasteiger partial charge on any atom is 0.647 e. The van der Waals surface area contributed by atoms with E-state index in [9.17, 15) is 14.5 Å². The van der Waals surface area contributed by atoms with Gasteiger partial charge in [-0.3, -0.25) is 4.79 Å². The number of phosphoric ester groups is 1. The third-order valence-electron chi connectivity index (χ3n) is 3.32. The quantitative estimate of drug-likeness (QED) is 0.693. The van der Waals surface area contributed by atoms with Crippen LogP contribution in [0.15, 0.2) is 42.5 Å². The Morgan fingerprint density at radius 2 is 1.71 bits per heavy atom. The molecule has 4 rings (SSSR count). The van der Waals surface area contributed by atoms with E-state index in [-0.39, 0.29) is 22.8 Å². The van der Waals surface area contributed by atoms with Crippen molar-refractivity contribution in [2.24, 2.45) is 0 Å². The first-order valence-electron chi connectivity index (χ1n) is 6.20. The third-order valence-corrected chi connectivity index (χ3v) is 4.55. The van der Waals surface area contributed by atoms with E-state index in [0.29, 0.717) is 5.56 Å². The van der Waals surface area contributed by atoms with E-state index < -0.39 is 19.7 Å². The van der Waals surface area contributed by atoms with Crippen molar-refractivity contribution in [1.82, 2.24) is 0 Å². The number of carbonyl (C=O) groups is 1. The molecular formula is C14H9O6P. The van der Waals surface area contributed by atoms with Crippen molar-refractivity contribution in [3.8, 4) is 17.2 Å². The van der Waals surface area contributed by atoms with Crippen molar-refractivity contribution in [1.29, 1.82) is 0 Å². The molecule has 2 unspecified atom stereocenters. The van der Waals surface area contributed by atoms with Gasteiger partial charge in [-0.25, -0.2) is 0 Å². The Balaban J connectivity index is 1.75. The fraction of sp³-hybridized carbons (Fsp3) is 0.0714. The summed E-state index contributed by atoms with van der Waals surface area (Å²) in [6, 6.07) is 11.5. The normalized spacial score (nSPS) is 22.1. The number of Topliss-reactive ketones (excluding diaryl/α,β-unsaturated/α-hetero) is 1. The van der Waals surface area contributed by atoms with Crippen LogP contribution in [0.2, 0.25) is 0 Å². The van der Waals surface area contributed by atoms with Crippen molar-refractivity contribution >= 4 is 13.6 Å². The molecule has 2 aromatic rings. The van der Waals surface area contributed by atoms with E-state index in [1.807, 2.05) is 0 Å². The summed E-state index contributed by atoms with van der Waals surface area (Å²) in [5, 5.41) is 10.2. The minimum absolute atomic E-state index is 0.0714. The van der Waals surface area contributed by atoms with Crippen molar-refractivity contribution in [3.63, 3.8) is 0 Å². The number of phosphoric acid groups is 1. The number of fused-ring (bicyclic) bond motifs is 1. The number of ketones is 1. The Hall–Kier alpha value is -2.30. The van der Waals surface area contributed by atoms with E-state index in [2.05, 4.69) is 0 Å². The molecule has 2 aliphatic rings. The van der Waals surface area contributed by atoms with Gasteiger partial charge in [-0.15, -0.1) is 0 Å². The second-order valence-corrected chi connectivity index (χ2v) is 6.11. The van der Waals surface area contributed by atoms with Crippen molar-refractivity contribution in [3.05, 3.63) is 53.6 Å². The predicted molar refractivity (Wildman–Crippen MR) is 71.7 cm³/mol. The summed E-state index contributed by atoms with van der Waals surface area (Å²) >= 11 is 0. The van der Waals surface area contributed by atoms with Gasteiger partial charge in [-0.05, 0) is 17.7 Å². The topological polar surface area (TPSA) is 82.1 Å². The Morgan fingerprint density at radius 3 is 2.43 bits per heavy atom. The largest absolute Gasteiger partial charge is 0.647 e. The highest BCUT2D eigenvalue weighted by atomic mass is 31.2. The number of carbonyl (C=O) groups excluding carboxylic acids is 1. The summed E-state index contributed by atoms with van der Waals surface area (Å²) in [6.07, 6.45) is -1.33. The highest BCUT2D eigenvalue weighted by Gasteiger charge is 2.51. The molecule has 0 fully saturated rings. The van der Waals surface area contributed by atoms with Crippen LogP contribution in [0.1, 0.15) is 22.0 Å². The van der Waals surface area contributed by atoms with Crippen LogP contribution in [-0.2, 0) is 4.57 Å². The first-order valence-corrected chi connectivity index (χ1v) is 7.66. The Morgan fingerprint density at radius 1 is 1.00 bits per heavy atom. The summed E-state index contributed by atoms with van der Waals surface area (Å²) < 4.78 is 27.0. The Bertz CT molecular complexity index is 801. The lowest BCUT2D eigenvalue weighted by molar-refractivity contribution is 0.0745. The molecule has 0 aliphatic carbocycles. The highest BCUT2D eigenvalue weighted by molar-refractivity contribution is 7.50. The Kier molecular flexibility index (Phi) is 2.43. The van der Waals surface area contributed by atoms with E-state index >= 15 is 0 Å². The van der Waals surface area contributed by atoms with Gasteiger partial charge in [0.05, 0.1) is 5.56 Å². The molecule has 0 amide bonds. The van der Waals surface area contributed by atoms with Gasteiger partial charge in [0, 0.05) is 0 Å². The average molecular weight is 304 g/mol. The molecule has 2 atom stereocenters. The molecule has 106 valence electrons. The second-order valence-electron chi connectivity index (χ2n) is 4.67. The van der Waals surface area contributed by atoms with E-state index in [1.54, 1.807) is 30.3 Å². The molecule has 2 aromatic carbocycles. The summed E-state index contributed by atoms with van der Waals surface area (Å²) in [6.45, 7) is 0. The number of hydrogen-bond donors (Lipinski definition) is 1. The number of aliphatic hydroxyl groups is 1. The van der Waals surface area contributed by atoms with Gasteiger partial charge < -0.3 is 18.7 Å². The fourth-order valence-corrected chi connectivity index (χ4v) is 3.62. The monoisotopic (exact) mass is 304 g/mol. The van der Waals surface area contributed by atoms with Crippen molar-refractivity contribution < 1.29 is 28.0 Å². The molecule has 0 spiro atoms. The van der Waals surface area contributed by atoms with Crippen LogP contribution >= 0.6 is 7.82 Å². The van der Waals surface area contributed by atoms with Crippen LogP contribution in [0.5, 0.6) is 17.2 Å². The maximum absolute atomic E-state index is 12.4. The molecule has 2 heterocycles. The zero-order valence-electron chi connectivity index (χ0n) is 10.6. The molecule has 21 heavy (non-hydrogen) atoms. The number of hydrogen-bond acceptors (Lipinski definition) is 6. The zero-order chi connectivity index (χ0) is 14.6. The van der Waals surface area contributed by atoms with Crippen LogP contribution in [0.4, 0.5) is 0 Å². The highest BCUT2D eigenvalue weighted by Crippen LogP contribution is 2.69. The smallest absolute Gasteiger partial charge is 0.382 e. The average Bonchev–Trinajstić information content (AvgIpc) is 3.00. The fourth-order valence-electron chi connectivity index (χ4n) is 2.32. The summed E-state index contributed by atoms with van der Waals surface area (Å²) in [5.74, 6) is -0.0419. The third kappa shape index (κ3) is 1.77. The minimum Gasteiger partial charge on any atom is -0.382 e. The van der Waals surface area contributed by atoms with Gasteiger partial charge in [-0.1, -0.05) is 30.3 Å². The van der Waals surface area contributed by atoms with Crippen molar-refractivity contribution in [2.75, 3.05) is 0 Å². The Labute approximate surface area is 119 Å². The number of rotatable bonds is 3. The van der Waals surface area contributed by atoms with Crippen LogP contribution in [0, 0.1) is 0 Å². The molecular weight excluding hydrogens is 295 g/mol. The van der Waals surface area contributed by atoms with Gasteiger partial charge in [0.1, 0.15) is 6.10 Å². The first kappa shape index (κ1) is 12.4. The molecule has 2 bridgehead atoms. The predicted octanol–water partition coefficient (Wildman–Crippen LogP) is 2.87. The lowest BCUT2D eigenvalue weighted by Gasteiger charge is -2.14. The van der Waals surface area contributed by atoms with Gasteiger partial charge >= 0.3 is 7.82 Å². The molecule has 0 radical (unpaired) electrons. The van der Waals surface area contributed by atoms with E-state index in [4.69, 9.17) is 13.6 Å². The van der Waals surface area contributed by atoms with Crippen LogP contribution in [0.3, 0.4) is 0 Å². The van der Waals surface area contributed by atoms with Gasteiger partial charge in [-0.2, -0.15) is 4.57 Å². The molecule has 1 N–H and O–H groups in total. The van der Waals surface area contributed by atoms with Crippen LogP contribution in [0.25, 0.3) is 0 Å². The lowest BCUT2D eigenvalue weighted by atomic mass is 9.99. The minimum atomic E-state index is -3.65. The first-order chi connectivity index (χ1) is 10.1. The summed E-state index contributed by atoms with van der Waals surface area (Å²) in [4.78, 5) is 12.4. The number of benzene rings is 2.